The number of hydrogen-bond donors (Lipinski definition) is 1. The molecule has 1 N–H and O–H groups in total. The molecular weight excluding hydrogens is 293 g/mol. The van der Waals surface area contributed by atoms with Gasteiger partial charge in [0.05, 0.1) is 4.91 Å². The van der Waals surface area contributed by atoms with E-state index < -0.39 is 24.9 Å². The van der Waals surface area contributed by atoms with Crippen LogP contribution in [-0.4, -0.2) is 27.8 Å². The van der Waals surface area contributed by atoms with Crippen molar-refractivity contribution in [1.82, 2.24) is 0 Å². The third kappa shape index (κ3) is 39.2. The summed E-state index contributed by atoms with van der Waals surface area (Å²) in [6.07, 6.45) is 0. The Morgan fingerprint density at radius 2 is 1.36 bits per heavy atom. The molecule has 0 aliphatic carbocycles. The molecule has 0 radical (unpaired) electrons. The van der Waals surface area contributed by atoms with Crippen molar-refractivity contribution in [2.75, 3.05) is 0 Å². The molecule has 0 saturated carbocycles. The fourth-order valence-corrected chi connectivity index (χ4v) is 0. The Hall–Kier alpha value is 0.456. The fraction of sp³-hybridized carbons (Fsp3) is 0.333. The first kappa shape index (κ1) is 19.9. The summed E-state index contributed by atoms with van der Waals surface area (Å²) in [7, 11) is -3.94. The van der Waals surface area contributed by atoms with Gasteiger partial charge in [0.15, 0.2) is 0 Å². The zero-order valence-corrected chi connectivity index (χ0v) is 9.91. The topological polar surface area (TPSA) is 54.4 Å². The van der Waals surface area contributed by atoms with Gasteiger partial charge < -0.3 is 1.43 Å². The molecule has 3 nitrogen and oxygen atoms in total. The van der Waals surface area contributed by atoms with Gasteiger partial charge in [0.2, 0.25) is 0 Å². The Morgan fingerprint density at radius 1 is 1.29 bits per heavy atom. The van der Waals surface area contributed by atoms with E-state index in [-0.39, 0.29) is 25.2 Å². The molecule has 0 spiro atoms. The van der Waals surface area contributed by atoms with Crippen LogP contribution in [0, 0.1) is 0 Å². The predicted molar refractivity (Wildman–Crippen MR) is 38.8 cm³/mol. The normalized spacial score (nSPS) is 13.8. The summed E-state index contributed by atoms with van der Waals surface area (Å²) in [5.74, 6) is 0. The third-order valence-corrected chi connectivity index (χ3v) is 1.32. The molecule has 84 valence electrons. The van der Waals surface area contributed by atoms with E-state index >= 15 is 0 Å². The van der Waals surface area contributed by atoms with E-state index in [0.29, 0.717) is 0 Å². The smallest absolute Gasteiger partial charge is 1.00 e. The van der Waals surface area contributed by atoms with Crippen LogP contribution in [0.15, 0.2) is 11.5 Å². The average molecular weight is 300 g/mol. The molecular formula is C3H7AsF5LiO3S. The van der Waals surface area contributed by atoms with E-state index in [2.05, 4.69) is 6.58 Å². The minimum Gasteiger partial charge on any atom is -1.00 e. The van der Waals surface area contributed by atoms with Gasteiger partial charge in [-0.3, -0.25) is 4.55 Å². The average Bonchev–Trinajstić information content (AvgIpc) is 1.52. The Morgan fingerprint density at radius 3 is 1.36 bits per heavy atom. The number of halogens is 5. The van der Waals surface area contributed by atoms with Crippen LogP contribution in [-0.2, 0) is 10.1 Å². The summed E-state index contributed by atoms with van der Waals surface area (Å²) >= 11 is -8.99. The third-order valence-electron chi connectivity index (χ3n) is 0.440. The minimum atomic E-state index is -8.99. The molecule has 0 atom stereocenters. The molecule has 0 saturated heterocycles. The van der Waals surface area contributed by atoms with Crippen molar-refractivity contribution < 1.29 is 50.6 Å². The second-order valence-electron chi connectivity index (χ2n) is 1.82. The summed E-state index contributed by atoms with van der Waals surface area (Å²) in [4.78, 5) is -0.229. The van der Waals surface area contributed by atoms with E-state index in [1.54, 1.807) is 0 Å². The molecule has 0 bridgehead atoms. The molecule has 14 heavy (non-hydrogen) atoms. The summed E-state index contributed by atoms with van der Waals surface area (Å²) in [5, 5.41) is 0. The molecule has 0 aliphatic heterocycles. The maximum absolute atomic E-state index is 9.89. The largest absolute Gasteiger partial charge is 1.00 e. The van der Waals surface area contributed by atoms with E-state index in [0.717, 1.165) is 0 Å². The van der Waals surface area contributed by atoms with Crippen LogP contribution in [0.5, 0.6) is 0 Å². The Balaban J connectivity index is -0.0000000718. The van der Waals surface area contributed by atoms with E-state index in [1.165, 1.54) is 6.92 Å². The van der Waals surface area contributed by atoms with Crippen molar-refractivity contribution in [3.05, 3.63) is 11.5 Å². The maximum atomic E-state index is 9.89. The standard InChI is InChI=1S/C3H6O3S.AsF5.Li.H/c1-3(2)7(4,5)6;2-1(3,4,5)6;;/h1H2,2H3,(H,4,5,6);;;/q;;+1;-1. The molecule has 0 aliphatic rings. The van der Waals surface area contributed by atoms with Crippen molar-refractivity contribution in [3.8, 4) is 0 Å². The molecule has 0 heterocycles. The predicted octanol–water partition coefficient (Wildman–Crippen LogP) is -0.755. The van der Waals surface area contributed by atoms with E-state index in [4.69, 9.17) is 4.55 Å². The Bertz CT molecular complexity index is 281. The monoisotopic (exact) mass is 300 g/mol. The van der Waals surface area contributed by atoms with Crippen molar-refractivity contribution in [2.45, 2.75) is 6.92 Å². The van der Waals surface area contributed by atoms with Crippen LogP contribution in [0.1, 0.15) is 8.35 Å². The van der Waals surface area contributed by atoms with Gasteiger partial charge in [-0.15, -0.1) is 0 Å². The number of rotatable bonds is 1. The SMILES string of the molecule is C=C(C)S(=O)(=O)O.F[As](F)(F)(F)F.[H-].[Li+]. The van der Waals surface area contributed by atoms with Crippen LogP contribution >= 0.6 is 0 Å². The summed E-state index contributed by atoms with van der Waals surface area (Å²) in [6.45, 7) is 4.21. The van der Waals surface area contributed by atoms with Crippen LogP contribution in [0.25, 0.3) is 0 Å². The molecule has 0 fully saturated rings. The summed E-state index contributed by atoms with van der Waals surface area (Å²) < 4.78 is 77.0. The van der Waals surface area contributed by atoms with Gasteiger partial charge in [-0.25, -0.2) is 0 Å². The minimum absolute atomic E-state index is 0. The number of allylic oxidation sites excluding steroid dienone is 1. The van der Waals surface area contributed by atoms with Crippen molar-refractivity contribution in [1.29, 1.82) is 0 Å². The summed E-state index contributed by atoms with van der Waals surface area (Å²) in [6, 6.07) is 0. The van der Waals surface area contributed by atoms with Crippen molar-refractivity contribution >= 4 is 24.9 Å². The van der Waals surface area contributed by atoms with Gasteiger partial charge >= 0.3 is 51.0 Å². The number of hydrogen-bond acceptors (Lipinski definition) is 2. The van der Waals surface area contributed by atoms with Gasteiger partial charge in [-0.2, -0.15) is 8.42 Å². The van der Waals surface area contributed by atoms with Crippen molar-refractivity contribution in [3.63, 3.8) is 0 Å². The van der Waals surface area contributed by atoms with Crippen LogP contribution in [0.4, 0.5) is 17.3 Å². The molecule has 0 amide bonds. The zero-order valence-electron chi connectivity index (χ0n) is 8.22. The maximum Gasteiger partial charge on any atom is 1.00 e. The van der Waals surface area contributed by atoms with Crippen LogP contribution in [0.2, 0.25) is 0 Å². The second kappa shape index (κ2) is 5.52. The van der Waals surface area contributed by atoms with Gasteiger partial charge in [-0.05, 0) is 6.92 Å². The molecule has 0 unspecified atom stereocenters. The van der Waals surface area contributed by atoms with Gasteiger partial charge in [-0.1, -0.05) is 6.58 Å². The molecule has 0 aromatic rings. The fourth-order valence-electron chi connectivity index (χ4n) is 0. The van der Waals surface area contributed by atoms with Gasteiger partial charge in [0, 0.05) is 0 Å². The van der Waals surface area contributed by atoms with Crippen LogP contribution < -0.4 is 18.9 Å². The first-order valence-corrected chi connectivity index (χ1v) is 7.41. The van der Waals surface area contributed by atoms with Crippen molar-refractivity contribution in [2.24, 2.45) is 0 Å². The van der Waals surface area contributed by atoms with E-state index in [1.807, 2.05) is 0 Å². The van der Waals surface area contributed by atoms with Gasteiger partial charge in [0.1, 0.15) is 0 Å². The van der Waals surface area contributed by atoms with E-state index in [9.17, 15) is 25.8 Å². The molecule has 0 aromatic heterocycles. The Kier molecular flexibility index (Phi) is 7.86. The molecule has 11 heteroatoms. The Labute approximate surface area is 93.9 Å². The molecule has 0 aromatic carbocycles. The van der Waals surface area contributed by atoms with Crippen LogP contribution in [0.3, 0.4) is 0 Å². The first-order chi connectivity index (χ1) is 5.18. The molecule has 0 rings (SSSR count). The van der Waals surface area contributed by atoms with Gasteiger partial charge in [0.25, 0.3) is 10.1 Å². The first-order valence-electron chi connectivity index (χ1n) is 2.42. The zero-order chi connectivity index (χ0) is 11.5. The quantitative estimate of drug-likeness (QED) is 0.394. The summed E-state index contributed by atoms with van der Waals surface area (Å²) in [5.41, 5.74) is 0. The second-order valence-corrected chi connectivity index (χ2v) is 6.14.